The number of hydrogen-bond acceptors (Lipinski definition) is 4. The molecule has 0 aromatic carbocycles. The Hall–Kier alpha value is -0.650. The van der Waals surface area contributed by atoms with Crippen molar-refractivity contribution in [1.29, 1.82) is 0 Å². The van der Waals surface area contributed by atoms with Gasteiger partial charge in [0.25, 0.3) is 0 Å². The first-order chi connectivity index (χ1) is 8.83. The van der Waals surface area contributed by atoms with Crippen molar-refractivity contribution in [2.24, 2.45) is 0 Å². The minimum absolute atomic E-state index is 0.0193. The third-order valence-electron chi connectivity index (χ3n) is 3.11. The molecule has 0 aliphatic heterocycles. The minimum Gasteiger partial charge on any atom is -0.383 e. The Morgan fingerprint density at radius 2 is 1.94 bits per heavy atom. The lowest BCUT2D eigenvalue weighted by Gasteiger charge is -2.21. The maximum atomic E-state index is 11.5. The molecule has 0 radical (unpaired) electrons. The highest BCUT2D eigenvalue weighted by Gasteiger charge is 2.14. The number of carbonyl (C=O) groups is 1. The second-order valence-corrected chi connectivity index (χ2v) is 4.66. The van der Waals surface area contributed by atoms with E-state index in [0.717, 1.165) is 25.9 Å². The van der Waals surface area contributed by atoms with Crippen molar-refractivity contribution in [2.45, 2.75) is 38.2 Å². The van der Waals surface area contributed by atoms with Gasteiger partial charge in [0.2, 0.25) is 5.91 Å². The lowest BCUT2D eigenvalue weighted by Crippen LogP contribution is -2.36. The Labute approximate surface area is 110 Å². The van der Waals surface area contributed by atoms with Gasteiger partial charge in [-0.2, -0.15) is 0 Å². The van der Waals surface area contributed by atoms with Crippen LogP contribution in [0.5, 0.6) is 0 Å². The van der Waals surface area contributed by atoms with Crippen molar-refractivity contribution in [3.63, 3.8) is 0 Å². The van der Waals surface area contributed by atoms with Gasteiger partial charge in [-0.15, -0.1) is 0 Å². The van der Waals surface area contributed by atoms with Crippen molar-refractivity contribution in [3.8, 4) is 0 Å². The smallest absolute Gasteiger partial charge is 0.246 e. The summed E-state index contributed by atoms with van der Waals surface area (Å²) in [4.78, 5) is 11.5. The van der Waals surface area contributed by atoms with E-state index in [4.69, 9.17) is 9.47 Å². The maximum Gasteiger partial charge on any atom is 0.246 e. The number of amides is 1. The zero-order chi connectivity index (χ0) is 13.1. The summed E-state index contributed by atoms with van der Waals surface area (Å²) in [5.74, 6) is -0.0193. The van der Waals surface area contributed by atoms with E-state index in [2.05, 4.69) is 10.6 Å². The summed E-state index contributed by atoms with van der Waals surface area (Å²) in [6, 6.07) is 0. The van der Waals surface area contributed by atoms with Crippen LogP contribution in [-0.4, -0.2) is 52.0 Å². The molecule has 1 amide bonds. The molecule has 0 atom stereocenters. The van der Waals surface area contributed by atoms with Crippen molar-refractivity contribution in [2.75, 3.05) is 40.0 Å². The van der Waals surface area contributed by atoms with Crippen LogP contribution in [0.2, 0.25) is 0 Å². The molecule has 0 spiro atoms. The Bertz CT molecular complexity index is 218. The van der Waals surface area contributed by atoms with Gasteiger partial charge in [-0.3, -0.25) is 4.79 Å². The van der Waals surface area contributed by atoms with Crippen molar-refractivity contribution in [3.05, 3.63) is 0 Å². The Balaban J connectivity index is 1.90. The van der Waals surface area contributed by atoms with Crippen LogP contribution in [0.1, 0.15) is 32.1 Å². The van der Waals surface area contributed by atoms with Crippen LogP contribution in [0.3, 0.4) is 0 Å². The van der Waals surface area contributed by atoms with Crippen LogP contribution >= 0.6 is 0 Å². The van der Waals surface area contributed by atoms with Crippen LogP contribution in [0.4, 0.5) is 0 Å². The first-order valence-corrected chi connectivity index (χ1v) is 6.91. The van der Waals surface area contributed by atoms with E-state index in [1.54, 1.807) is 7.11 Å². The molecule has 18 heavy (non-hydrogen) atoms. The molecule has 0 bridgehead atoms. The number of carbonyl (C=O) groups excluding carboxylic acids is 1. The summed E-state index contributed by atoms with van der Waals surface area (Å²) in [5.41, 5.74) is 0. The van der Waals surface area contributed by atoms with Gasteiger partial charge in [0.05, 0.1) is 12.7 Å². The number of nitrogens with one attached hydrogen (secondary N) is 2. The van der Waals surface area contributed by atoms with Gasteiger partial charge in [0.1, 0.15) is 6.61 Å². The van der Waals surface area contributed by atoms with Gasteiger partial charge in [-0.05, 0) is 12.8 Å². The predicted molar refractivity (Wildman–Crippen MR) is 70.6 cm³/mol. The molecule has 2 N–H and O–H groups in total. The predicted octanol–water partition coefficient (Wildman–Crippen LogP) is 0.688. The molecule has 106 valence electrons. The Morgan fingerprint density at radius 3 is 2.67 bits per heavy atom. The molecule has 1 saturated carbocycles. The van der Waals surface area contributed by atoms with Crippen molar-refractivity contribution >= 4 is 5.91 Å². The first-order valence-electron chi connectivity index (χ1n) is 6.91. The molecule has 0 aromatic heterocycles. The highest BCUT2D eigenvalue weighted by Crippen LogP contribution is 2.19. The summed E-state index contributed by atoms with van der Waals surface area (Å²) >= 11 is 0. The van der Waals surface area contributed by atoms with Gasteiger partial charge in [0.15, 0.2) is 0 Å². The molecule has 0 saturated heterocycles. The highest BCUT2D eigenvalue weighted by atomic mass is 16.5. The molecule has 1 aliphatic carbocycles. The molecule has 1 fully saturated rings. The fraction of sp³-hybridized carbons (Fsp3) is 0.923. The fourth-order valence-electron chi connectivity index (χ4n) is 2.07. The minimum atomic E-state index is -0.0193. The number of rotatable bonds is 9. The zero-order valence-corrected chi connectivity index (χ0v) is 11.4. The average molecular weight is 258 g/mol. The molecule has 0 aromatic rings. The molecule has 0 unspecified atom stereocenters. The summed E-state index contributed by atoms with van der Waals surface area (Å²) in [5, 5.41) is 6.00. The van der Waals surface area contributed by atoms with Crippen LogP contribution in [0.15, 0.2) is 0 Å². The van der Waals surface area contributed by atoms with E-state index in [-0.39, 0.29) is 12.5 Å². The second kappa shape index (κ2) is 10.3. The van der Waals surface area contributed by atoms with Gasteiger partial charge in [-0.25, -0.2) is 0 Å². The van der Waals surface area contributed by atoms with Gasteiger partial charge in [-0.1, -0.05) is 19.3 Å². The normalized spacial score (nSPS) is 16.7. The molecule has 1 rings (SSSR count). The number of ether oxygens (including phenoxy) is 2. The lowest BCUT2D eigenvalue weighted by molar-refractivity contribution is -0.128. The molecular weight excluding hydrogens is 232 g/mol. The van der Waals surface area contributed by atoms with Gasteiger partial charge >= 0.3 is 0 Å². The monoisotopic (exact) mass is 258 g/mol. The zero-order valence-electron chi connectivity index (χ0n) is 11.4. The molecule has 0 heterocycles. The third-order valence-corrected chi connectivity index (χ3v) is 3.11. The van der Waals surface area contributed by atoms with Crippen molar-refractivity contribution < 1.29 is 14.3 Å². The topological polar surface area (TPSA) is 59.6 Å². The second-order valence-electron chi connectivity index (χ2n) is 4.66. The lowest BCUT2D eigenvalue weighted by atomic mass is 9.98. The van der Waals surface area contributed by atoms with Crippen LogP contribution in [0, 0.1) is 0 Å². The third kappa shape index (κ3) is 7.63. The Morgan fingerprint density at radius 1 is 1.17 bits per heavy atom. The van der Waals surface area contributed by atoms with E-state index in [1.807, 2.05) is 0 Å². The summed E-state index contributed by atoms with van der Waals surface area (Å²) < 4.78 is 10.5. The number of hydrogen-bond donors (Lipinski definition) is 2. The average Bonchev–Trinajstić information content (AvgIpc) is 2.41. The van der Waals surface area contributed by atoms with Gasteiger partial charge in [0, 0.05) is 26.7 Å². The molecule has 5 nitrogen and oxygen atoms in total. The number of methoxy groups -OCH3 is 1. The van der Waals surface area contributed by atoms with E-state index in [1.165, 1.54) is 19.3 Å². The van der Waals surface area contributed by atoms with Crippen LogP contribution < -0.4 is 10.6 Å². The van der Waals surface area contributed by atoms with Gasteiger partial charge < -0.3 is 20.1 Å². The largest absolute Gasteiger partial charge is 0.383 e. The maximum absolute atomic E-state index is 11.5. The summed E-state index contributed by atoms with van der Waals surface area (Å²) in [6.07, 6.45) is 6.27. The molecular formula is C13H26N2O3. The van der Waals surface area contributed by atoms with E-state index >= 15 is 0 Å². The fourth-order valence-corrected chi connectivity index (χ4v) is 2.07. The standard InChI is InChI=1S/C13H26N2O3/c1-17-10-9-14-7-8-15-13(16)11-18-12-5-3-2-4-6-12/h12,14H,2-11H2,1H3,(H,15,16). The van der Waals surface area contributed by atoms with E-state index in [9.17, 15) is 4.79 Å². The van der Waals surface area contributed by atoms with E-state index < -0.39 is 0 Å². The summed E-state index contributed by atoms with van der Waals surface area (Å²) in [6.45, 7) is 3.10. The van der Waals surface area contributed by atoms with Crippen LogP contribution in [-0.2, 0) is 14.3 Å². The van der Waals surface area contributed by atoms with Crippen LogP contribution in [0.25, 0.3) is 0 Å². The van der Waals surface area contributed by atoms with Crippen molar-refractivity contribution in [1.82, 2.24) is 10.6 Å². The SMILES string of the molecule is COCCNCCNC(=O)COC1CCCCC1. The summed E-state index contributed by atoms with van der Waals surface area (Å²) in [7, 11) is 1.67. The van der Waals surface area contributed by atoms with E-state index in [0.29, 0.717) is 19.3 Å². The highest BCUT2D eigenvalue weighted by molar-refractivity contribution is 5.77. The molecule has 1 aliphatic rings. The Kier molecular flexibility index (Phi) is 8.81. The molecule has 5 heteroatoms. The quantitative estimate of drug-likeness (QED) is 0.597. The first kappa shape index (κ1) is 15.4.